The Morgan fingerprint density at radius 1 is 0.962 bits per heavy atom. The lowest BCUT2D eigenvalue weighted by Crippen LogP contribution is -2.06. The molecule has 3 aromatic carbocycles. The van der Waals surface area contributed by atoms with Gasteiger partial charge < -0.3 is 19.3 Å². The number of aliphatic hydroxyl groups is 1. The molecule has 0 fully saturated rings. The van der Waals surface area contributed by atoms with Gasteiger partial charge in [0.1, 0.15) is 30.3 Å². The van der Waals surface area contributed by atoms with Crippen LogP contribution in [0.1, 0.15) is 15.9 Å². The van der Waals surface area contributed by atoms with E-state index in [0.717, 1.165) is 16.3 Å². The summed E-state index contributed by atoms with van der Waals surface area (Å²) in [6.07, 6.45) is 0. The van der Waals surface area contributed by atoms with Crippen molar-refractivity contribution in [2.45, 2.75) is 6.61 Å². The van der Waals surface area contributed by atoms with E-state index in [2.05, 4.69) is 0 Å². The normalized spacial score (nSPS) is 10.5. The minimum absolute atomic E-state index is 0.0578. The molecule has 3 aromatic rings. The first kappa shape index (κ1) is 17.8. The highest BCUT2D eigenvalue weighted by Crippen LogP contribution is 2.30. The predicted molar refractivity (Wildman–Crippen MR) is 98.6 cm³/mol. The molecule has 26 heavy (non-hydrogen) atoms. The van der Waals surface area contributed by atoms with Gasteiger partial charge in [-0.15, -0.1) is 0 Å². The number of ether oxygens (including phenoxy) is 3. The fraction of sp³-hybridized carbons (Fsp3) is 0.190. The number of carbonyl (C=O) groups is 1. The van der Waals surface area contributed by atoms with E-state index in [1.54, 1.807) is 6.07 Å². The van der Waals surface area contributed by atoms with Crippen molar-refractivity contribution in [3.8, 4) is 11.5 Å². The van der Waals surface area contributed by atoms with Crippen LogP contribution in [0.2, 0.25) is 0 Å². The Kier molecular flexibility index (Phi) is 5.71. The van der Waals surface area contributed by atoms with Gasteiger partial charge >= 0.3 is 5.97 Å². The molecule has 3 rings (SSSR count). The van der Waals surface area contributed by atoms with E-state index in [0.29, 0.717) is 23.7 Å². The molecule has 134 valence electrons. The summed E-state index contributed by atoms with van der Waals surface area (Å²) in [5.41, 5.74) is 1.37. The van der Waals surface area contributed by atoms with Gasteiger partial charge in [-0.2, -0.15) is 0 Å². The lowest BCUT2D eigenvalue weighted by atomic mass is 10.1. The topological polar surface area (TPSA) is 65.0 Å². The fourth-order valence-electron chi connectivity index (χ4n) is 2.63. The first-order valence-electron chi connectivity index (χ1n) is 8.28. The zero-order valence-corrected chi connectivity index (χ0v) is 14.5. The summed E-state index contributed by atoms with van der Waals surface area (Å²) in [4.78, 5) is 12.2. The number of rotatable bonds is 7. The van der Waals surface area contributed by atoms with Crippen LogP contribution in [0.5, 0.6) is 11.5 Å². The largest absolute Gasteiger partial charge is 0.491 e. The molecule has 0 saturated heterocycles. The number of hydrogen-bond acceptors (Lipinski definition) is 5. The van der Waals surface area contributed by atoms with Gasteiger partial charge in [0.2, 0.25) is 0 Å². The van der Waals surface area contributed by atoms with Crippen LogP contribution in [-0.4, -0.2) is 31.4 Å². The van der Waals surface area contributed by atoms with Crippen LogP contribution in [-0.2, 0) is 11.3 Å². The van der Waals surface area contributed by atoms with Crippen molar-refractivity contribution in [1.82, 2.24) is 0 Å². The molecular weight excluding hydrogens is 332 g/mol. The number of hydrogen-bond donors (Lipinski definition) is 1. The first-order valence-corrected chi connectivity index (χ1v) is 8.28. The maximum absolute atomic E-state index is 12.2. The summed E-state index contributed by atoms with van der Waals surface area (Å²) in [5, 5.41) is 10.6. The Hall–Kier alpha value is -3.05. The van der Waals surface area contributed by atoms with Crippen molar-refractivity contribution in [2.24, 2.45) is 0 Å². The van der Waals surface area contributed by atoms with Crippen molar-refractivity contribution in [2.75, 3.05) is 20.3 Å². The lowest BCUT2D eigenvalue weighted by Gasteiger charge is -2.13. The Morgan fingerprint density at radius 2 is 1.77 bits per heavy atom. The van der Waals surface area contributed by atoms with Crippen LogP contribution < -0.4 is 9.47 Å². The van der Waals surface area contributed by atoms with Crippen LogP contribution in [0.4, 0.5) is 0 Å². The lowest BCUT2D eigenvalue weighted by molar-refractivity contribution is 0.0595. The SMILES string of the molecule is COC(=O)c1cc2cc(OCCO)ccc2cc1OCc1ccccc1. The van der Waals surface area contributed by atoms with Crippen molar-refractivity contribution in [1.29, 1.82) is 0 Å². The fourth-order valence-corrected chi connectivity index (χ4v) is 2.63. The van der Waals surface area contributed by atoms with Crippen molar-refractivity contribution < 1.29 is 24.1 Å². The second-order valence-corrected chi connectivity index (χ2v) is 5.70. The van der Waals surface area contributed by atoms with Crippen LogP contribution in [0.25, 0.3) is 10.8 Å². The van der Waals surface area contributed by atoms with E-state index in [1.165, 1.54) is 7.11 Å². The Bertz CT molecular complexity index is 890. The highest BCUT2D eigenvalue weighted by Gasteiger charge is 2.15. The summed E-state index contributed by atoms with van der Waals surface area (Å²) >= 11 is 0. The van der Waals surface area contributed by atoms with Crippen molar-refractivity contribution in [3.05, 3.63) is 71.8 Å². The van der Waals surface area contributed by atoms with E-state index in [1.807, 2.05) is 54.6 Å². The highest BCUT2D eigenvalue weighted by molar-refractivity contribution is 5.99. The Balaban J connectivity index is 1.93. The van der Waals surface area contributed by atoms with Gasteiger partial charge in [0.05, 0.1) is 13.7 Å². The average molecular weight is 352 g/mol. The van der Waals surface area contributed by atoms with Gasteiger partial charge in [0.15, 0.2) is 0 Å². The average Bonchev–Trinajstić information content (AvgIpc) is 2.70. The van der Waals surface area contributed by atoms with Crippen LogP contribution in [0.15, 0.2) is 60.7 Å². The molecule has 1 N–H and O–H groups in total. The summed E-state index contributed by atoms with van der Waals surface area (Å²) in [5.74, 6) is 0.634. The van der Waals surface area contributed by atoms with Gasteiger partial charge in [-0.3, -0.25) is 0 Å². The molecular formula is C21H20O5. The first-order chi connectivity index (χ1) is 12.7. The molecule has 0 radical (unpaired) electrons. The molecule has 5 heteroatoms. The molecule has 0 aliphatic carbocycles. The zero-order valence-electron chi connectivity index (χ0n) is 14.5. The summed E-state index contributed by atoms with van der Waals surface area (Å²) < 4.78 is 16.2. The second-order valence-electron chi connectivity index (χ2n) is 5.70. The minimum Gasteiger partial charge on any atom is -0.491 e. The molecule has 0 atom stereocenters. The number of methoxy groups -OCH3 is 1. The van der Waals surface area contributed by atoms with E-state index < -0.39 is 5.97 Å². The Labute approximate surface area is 151 Å². The number of carbonyl (C=O) groups excluding carboxylic acids is 1. The quantitative estimate of drug-likeness (QED) is 0.659. The molecule has 0 heterocycles. The third-order valence-corrected chi connectivity index (χ3v) is 3.91. The highest BCUT2D eigenvalue weighted by atomic mass is 16.5. The molecule has 0 aromatic heterocycles. The van der Waals surface area contributed by atoms with Crippen LogP contribution in [0, 0.1) is 0 Å². The van der Waals surface area contributed by atoms with Crippen LogP contribution >= 0.6 is 0 Å². The number of benzene rings is 3. The molecule has 0 amide bonds. The molecule has 0 bridgehead atoms. The minimum atomic E-state index is -0.461. The zero-order chi connectivity index (χ0) is 18.4. The van der Waals surface area contributed by atoms with Gasteiger partial charge in [-0.05, 0) is 40.6 Å². The van der Waals surface area contributed by atoms with Crippen LogP contribution in [0.3, 0.4) is 0 Å². The van der Waals surface area contributed by atoms with Crippen molar-refractivity contribution in [3.63, 3.8) is 0 Å². The maximum atomic E-state index is 12.2. The monoisotopic (exact) mass is 352 g/mol. The number of fused-ring (bicyclic) bond motifs is 1. The molecule has 0 spiro atoms. The number of esters is 1. The van der Waals surface area contributed by atoms with Gasteiger partial charge in [0, 0.05) is 0 Å². The molecule has 0 saturated carbocycles. The van der Waals surface area contributed by atoms with E-state index in [4.69, 9.17) is 19.3 Å². The van der Waals surface area contributed by atoms with Gasteiger partial charge in [-0.1, -0.05) is 36.4 Å². The standard InChI is InChI=1S/C21H20O5/c1-24-21(23)19-12-17-11-18(25-10-9-22)8-7-16(17)13-20(19)26-14-15-5-3-2-4-6-15/h2-8,11-13,22H,9-10,14H2,1H3. The Morgan fingerprint density at radius 3 is 2.50 bits per heavy atom. The predicted octanol–water partition coefficient (Wildman–Crippen LogP) is 3.58. The smallest absolute Gasteiger partial charge is 0.341 e. The van der Waals surface area contributed by atoms with E-state index in [-0.39, 0.29) is 13.2 Å². The summed E-state index contributed by atoms with van der Waals surface area (Å²) in [6, 6.07) is 18.8. The third-order valence-electron chi connectivity index (χ3n) is 3.91. The van der Waals surface area contributed by atoms with E-state index in [9.17, 15) is 4.79 Å². The van der Waals surface area contributed by atoms with E-state index >= 15 is 0 Å². The van der Waals surface area contributed by atoms with Crippen molar-refractivity contribution >= 4 is 16.7 Å². The van der Waals surface area contributed by atoms with Gasteiger partial charge in [0.25, 0.3) is 0 Å². The van der Waals surface area contributed by atoms with Gasteiger partial charge in [-0.25, -0.2) is 4.79 Å². The molecule has 5 nitrogen and oxygen atoms in total. The molecule has 0 aliphatic heterocycles. The maximum Gasteiger partial charge on any atom is 0.341 e. The number of aliphatic hydroxyl groups excluding tert-OH is 1. The summed E-state index contributed by atoms with van der Waals surface area (Å²) in [6.45, 7) is 0.513. The molecule has 0 aliphatic rings. The summed E-state index contributed by atoms with van der Waals surface area (Å²) in [7, 11) is 1.34. The second kappa shape index (κ2) is 8.36. The molecule has 0 unspecified atom stereocenters. The third kappa shape index (κ3) is 4.13.